The molecule has 1 aromatic rings. The Morgan fingerprint density at radius 2 is 2.13 bits per heavy atom. The van der Waals surface area contributed by atoms with Gasteiger partial charge < -0.3 is 10.1 Å². The molecule has 2 aliphatic heterocycles. The number of amides is 1. The van der Waals surface area contributed by atoms with Gasteiger partial charge in [0.15, 0.2) is 0 Å². The third kappa shape index (κ3) is 4.55. The lowest BCUT2D eigenvalue weighted by Crippen LogP contribution is -2.51. The summed E-state index contributed by atoms with van der Waals surface area (Å²) in [5.41, 5.74) is 1.36. The molecule has 2 heterocycles. The highest BCUT2D eigenvalue weighted by Gasteiger charge is 2.30. The molecule has 0 saturated carbocycles. The van der Waals surface area contributed by atoms with E-state index < -0.39 is 0 Å². The van der Waals surface area contributed by atoms with Crippen LogP contribution in [-0.4, -0.2) is 43.2 Å². The third-order valence-electron chi connectivity index (χ3n) is 5.10. The Bertz CT molecular complexity index is 499. The van der Waals surface area contributed by atoms with Crippen molar-refractivity contribution in [3.05, 3.63) is 35.9 Å². The molecular formula is C19H28N2O2. The van der Waals surface area contributed by atoms with E-state index in [1.165, 1.54) is 5.56 Å². The molecule has 2 saturated heterocycles. The van der Waals surface area contributed by atoms with Crippen LogP contribution in [0.4, 0.5) is 0 Å². The number of nitrogens with zero attached hydrogens (tertiary/aromatic N) is 1. The van der Waals surface area contributed by atoms with E-state index in [0.717, 1.165) is 45.5 Å². The highest BCUT2D eigenvalue weighted by Crippen LogP contribution is 2.20. The molecule has 0 spiro atoms. The van der Waals surface area contributed by atoms with Crippen LogP contribution in [0.2, 0.25) is 0 Å². The maximum absolute atomic E-state index is 12.4. The van der Waals surface area contributed by atoms with E-state index in [1.807, 2.05) is 0 Å². The lowest BCUT2D eigenvalue weighted by atomic mass is 9.92. The number of nitrogens with one attached hydrogen (secondary N) is 1. The SMILES string of the molecule is CC1CN(Cc2ccccc2)CCC1NC(=O)C1CCCOC1. The van der Waals surface area contributed by atoms with Crippen LogP contribution in [-0.2, 0) is 16.1 Å². The molecule has 0 radical (unpaired) electrons. The summed E-state index contributed by atoms with van der Waals surface area (Å²) in [5.74, 6) is 0.734. The number of carbonyl (C=O) groups excluding carboxylic acids is 1. The number of hydrogen-bond donors (Lipinski definition) is 1. The van der Waals surface area contributed by atoms with E-state index >= 15 is 0 Å². The predicted octanol–water partition coefficient (Wildman–Crippen LogP) is 2.44. The smallest absolute Gasteiger partial charge is 0.225 e. The Hall–Kier alpha value is -1.39. The van der Waals surface area contributed by atoms with Crippen LogP contribution in [0.3, 0.4) is 0 Å². The number of likely N-dealkylation sites (tertiary alicyclic amines) is 1. The van der Waals surface area contributed by atoms with Gasteiger partial charge in [0.1, 0.15) is 0 Å². The van der Waals surface area contributed by atoms with Crippen molar-refractivity contribution in [2.45, 2.75) is 38.8 Å². The fourth-order valence-electron chi connectivity index (χ4n) is 3.68. The Morgan fingerprint density at radius 3 is 2.83 bits per heavy atom. The molecule has 3 atom stereocenters. The first kappa shape index (κ1) is 16.5. The summed E-state index contributed by atoms with van der Waals surface area (Å²) in [6.07, 6.45) is 3.00. The van der Waals surface area contributed by atoms with E-state index in [1.54, 1.807) is 0 Å². The van der Waals surface area contributed by atoms with Crippen LogP contribution in [0, 0.1) is 11.8 Å². The first-order valence-corrected chi connectivity index (χ1v) is 8.87. The largest absolute Gasteiger partial charge is 0.381 e. The van der Waals surface area contributed by atoms with Crippen LogP contribution < -0.4 is 5.32 Å². The average molecular weight is 316 g/mol. The summed E-state index contributed by atoms with van der Waals surface area (Å²) >= 11 is 0. The highest BCUT2D eigenvalue weighted by molar-refractivity contribution is 5.79. The van der Waals surface area contributed by atoms with Gasteiger partial charge in [0.05, 0.1) is 12.5 Å². The molecule has 1 N–H and O–H groups in total. The van der Waals surface area contributed by atoms with E-state index in [2.05, 4.69) is 47.5 Å². The van der Waals surface area contributed by atoms with Gasteiger partial charge in [0.25, 0.3) is 0 Å². The summed E-state index contributed by atoms with van der Waals surface area (Å²) in [6, 6.07) is 10.9. The van der Waals surface area contributed by atoms with E-state index in [0.29, 0.717) is 18.6 Å². The predicted molar refractivity (Wildman–Crippen MR) is 91.0 cm³/mol. The van der Waals surface area contributed by atoms with E-state index in [4.69, 9.17) is 4.74 Å². The third-order valence-corrected chi connectivity index (χ3v) is 5.10. The molecule has 1 aromatic carbocycles. The molecule has 2 fully saturated rings. The molecule has 4 nitrogen and oxygen atoms in total. The van der Waals surface area contributed by atoms with Gasteiger partial charge in [0.2, 0.25) is 5.91 Å². The van der Waals surface area contributed by atoms with Gasteiger partial charge in [-0.05, 0) is 30.7 Å². The maximum Gasteiger partial charge on any atom is 0.225 e. The topological polar surface area (TPSA) is 41.6 Å². The zero-order chi connectivity index (χ0) is 16.1. The first-order valence-electron chi connectivity index (χ1n) is 8.87. The van der Waals surface area contributed by atoms with Gasteiger partial charge >= 0.3 is 0 Å². The van der Waals surface area contributed by atoms with Crippen LogP contribution in [0.5, 0.6) is 0 Å². The standard InChI is InChI=1S/C19H28N2O2/c1-15-12-21(13-16-6-3-2-4-7-16)10-9-18(15)20-19(22)17-8-5-11-23-14-17/h2-4,6-7,15,17-18H,5,8-14H2,1H3,(H,20,22). The van der Waals surface area contributed by atoms with Gasteiger partial charge in [0, 0.05) is 32.3 Å². The Kier molecular flexibility index (Phi) is 5.68. The molecule has 4 heteroatoms. The number of piperidine rings is 1. The number of rotatable bonds is 4. The minimum Gasteiger partial charge on any atom is -0.381 e. The number of hydrogen-bond acceptors (Lipinski definition) is 3. The fraction of sp³-hybridized carbons (Fsp3) is 0.632. The number of carbonyl (C=O) groups is 1. The quantitative estimate of drug-likeness (QED) is 0.928. The molecule has 126 valence electrons. The van der Waals surface area contributed by atoms with Crippen molar-refractivity contribution in [3.8, 4) is 0 Å². The second-order valence-electron chi connectivity index (χ2n) is 7.02. The van der Waals surface area contributed by atoms with Gasteiger partial charge in [-0.1, -0.05) is 37.3 Å². The molecule has 3 unspecified atom stereocenters. The molecule has 1 amide bonds. The lowest BCUT2D eigenvalue weighted by Gasteiger charge is -2.38. The van der Waals surface area contributed by atoms with Crippen molar-refractivity contribution in [2.75, 3.05) is 26.3 Å². The second-order valence-corrected chi connectivity index (χ2v) is 7.02. The first-order chi connectivity index (χ1) is 11.2. The Balaban J connectivity index is 1.47. The van der Waals surface area contributed by atoms with E-state index in [9.17, 15) is 4.79 Å². The second kappa shape index (κ2) is 7.93. The zero-order valence-electron chi connectivity index (χ0n) is 14.0. The molecular weight excluding hydrogens is 288 g/mol. The Morgan fingerprint density at radius 1 is 1.30 bits per heavy atom. The van der Waals surface area contributed by atoms with Gasteiger partial charge in [-0.2, -0.15) is 0 Å². The normalized spacial score (nSPS) is 29.2. The minimum atomic E-state index is 0.0540. The van der Waals surface area contributed by atoms with E-state index in [-0.39, 0.29) is 11.8 Å². The molecule has 3 rings (SSSR count). The molecule has 0 aromatic heterocycles. The molecule has 0 aliphatic carbocycles. The summed E-state index contributed by atoms with van der Waals surface area (Å²) in [7, 11) is 0. The summed E-state index contributed by atoms with van der Waals surface area (Å²) in [4.78, 5) is 14.9. The number of ether oxygens (including phenoxy) is 1. The van der Waals surface area contributed by atoms with Crippen LogP contribution in [0.1, 0.15) is 31.7 Å². The van der Waals surface area contributed by atoms with Crippen LogP contribution in [0.15, 0.2) is 30.3 Å². The molecule has 23 heavy (non-hydrogen) atoms. The van der Waals surface area contributed by atoms with Gasteiger partial charge in [-0.15, -0.1) is 0 Å². The van der Waals surface area contributed by atoms with Crippen LogP contribution >= 0.6 is 0 Å². The lowest BCUT2D eigenvalue weighted by molar-refractivity contribution is -0.130. The van der Waals surface area contributed by atoms with Gasteiger partial charge in [-0.25, -0.2) is 0 Å². The fourth-order valence-corrected chi connectivity index (χ4v) is 3.68. The average Bonchev–Trinajstić information content (AvgIpc) is 2.59. The summed E-state index contributed by atoms with van der Waals surface area (Å²) < 4.78 is 5.43. The maximum atomic E-state index is 12.4. The molecule has 0 bridgehead atoms. The number of benzene rings is 1. The van der Waals surface area contributed by atoms with Crippen molar-refractivity contribution >= 4 is 5.91 Å². The van der Waals surface area contributed by atoms with Crippen molar-refractivity contribution in [1.82, 2.24) is 10.2 Å². The van der Waals surface area contributed by atoms with Gasteiger partial charge in [-0.3, -0.25) is 9.69 Å². The highest BCUT2D eigenvalue weighted by atomic mass is 16.5. The summed E-state index contributed by atoms with van der Waals surface area (Å²) in [6.45, 7) is 6.74. The van der Waals surface area contributed by atoms with Crippen molar-refractivity contribution in [3.63, 3.8) is 0 Å². The van der Waals surface area contributed by atoms with Crippen molar-refractivity contribution in [2.24, 2.45) is 11.8 Å². The van der Waals surface area contributed by atoms with Crippen LogP contribution in [0.25, 0.3) is 0 Å². The zero-order valence-corrected chi connectivity index (χ0v) is 14.0. The Labute approximate surface area is 139 Å². The molecule has 2 aliphatic rings. The minimum absolute atomic E-state index is 0.0540. The van der Waals surface area contributed by atoms with Crippen molar-refractivity contribution < 1.29 is 9.53 Å². The monoisotopic (exact) mass is 316 g/mol. The van der Waals surface area contributed by atoms with Crippen molar-refractivity contribution in [1.29, 1.82) is 0 Å². The summed E-state index contributed by atoms with van der Waals surface area (Å²) in [5, 5.41) is 3.28.